The van der Waals surface area contributed by atoms with Crippen molar-refractivity contribution in [2.24, 2.45) is 0 Å². The molecule has 1 fully saturated rings. The Morgan fingerprint density at radius 1 is 1.22 bits per heavy atom. The highest BCUT2D eigenvalue weighted by Gasteiger charge is 2.31. The van der Waals surface area contributed by atoms with Crippen LogP contribution in [0.1, 0.15) is 35.7 Å². The topological polar surface area (TPSA) is 33.5 Å². The molecule has 23 heavy (non-hydrogen) atoms. The molecule has 1 unspecified atom stereocenters. The van der Waals surface area contributed by atoms with E-state index >= 15 is 0 Å². The predicted molar refractivity (Wildman–Crippen MR) is 94.8 cm³/mol. The summed E-state index contributed by atoms with van der Waals surface area (Å²) >= 11 is 1.82. The molecule has 0 saturated carbocycles. The Balaban J connectivity index is 1.39. The van der Waals surface area contributed by atoms with Crippen molar-refractivity contribution in [1.82, 2.24) is 5.32 Å². The van der Waals surface area contributed by atoms with Gasteiger partial charge in [-0.1, -0.05) is 36.4 Å². The quantitative estimate of drug-likeness (QED) is 0.751. The van der Waals surface area contributed by atoms with Gasteiger partial charge in [0, 0.05) is 19.4 Å². The van der Waals surface area contributed by atoms with Crippen molar-refractivity contribution in [3.63, 3.8) is 0 Å². The number of carbonyl (C=O) groups excluding carboxylic acids is 1. The maximum atomic E-state index is 12.2. The summed E-state index contributed by atoms with van der Waals surface area (Å²) < 4.78 is 0. The second-order valence-corrected chi connectivity index (χ2v) is 7.21. The molecule has 1 saturated heterocycles. The molecule has 0 radical (unpaired) electrons. The first-order chi connectivity index (χ1) is 11.3. The zero-order valence-corrected chi connectivity index (χ0v) is 14.3. The van der Waals surface area contributed by atoms with Crippen molar-refractivity contribution >= 4 is 17.2 Å². The summed E-state index contributed by atoms with van der Waals surface area (Å²) in [6.07, 6.45) is 4.45. The van der Waals surface area contributed by atoms with E-state index in [-0.39, 0.29) is 5.91 Å². The van der Waals surface area contributed by atoms with Crippen molar-refractivity contribution in [1.29, 1.82) is 0 Å². The summed E-state index contributed by atoms with van der Waals surface area (Å²) in [5, 5.41) is 5.22. The lowest BCUT2D eigenvalue weighted by molar-refractivity contribution is -0.910. The van der Waals surface area contributed by atoms with E-state index in [0.29, 0.717) is 12.6 Å². The van der Waals surface area contributed by atoms with Crippen LogP contribution >= 0.6 is 11.3 Å². The van der Waals surface area contributed by atoms with Gasteiger partial charge in [0.15, 0.2) is 6.54 Å². The lowest BCUT2D eigenvalue weighted by atomic mass is 10.1. The van der Waals surface area contributed by atoms with Gasteiger partial charge in [0.2, 0.25) is 0 Å². The number of carbonyl (C=O) groups is 1. The fourth-order valence-electron chi connectivity index (χ4n) is 3.39. The highest BCUT2D eigenvalue weighted by molar-refractivity contribution is 7.10. The summed E-state index contributed by atoms with van der Waals surface area (Å²) in [6.45, 7) is 2.48. The van der Waals surface area contributed by atoms with Gasteiger partial charge in [0.25, 0.3) is 5.91 Å². The fraction of sp³-hybridized carbons (Fsp3) is 0.421. The fourth-order valence-corrected chi connectivity index (χ4v) is 4.31. The molecule has 3 rings (SSSR count). The highest BCUT2D eigenvalue weighted by Crippen LogP contribution is 2.23. The molecule has 2 heterocycles. The lowest BCUT2D eigenvalue weighted by Crippen LogP contribution is -3.11. The largest absolute Gasteiger partial charge is 0.351 e. The third kappa shape index (κ3) is 4.66. The Morgan fingerprint density at radius 2 is 2.09 bits per heavy atom. The van der Waals surface area contributed by atoms with E-state index in [0.717, 1.165) is 25.9 Å². The molecular weight excluding hydrogens is 304 g/mol. The zero-order valence-electron chi connectivity index (χ0n) is 13.5. The number of nitrogens with one attached hydrogen (secondary N) is 2. The molecule has 122 valence electrons. The van der Waals surface area contributed by atoms with E-state index in [2.05, 4.69) is 47.1 Å². The predicted octanol–water partition coefficient (Wildman–Crippen LogP) is 2.22. The molecule has 0 bridgehead atoms. The second-order valence-electron chi connectivity index (χ2n) is 6.23. The van der Waals surface area contributed by atoms with Crippen molar-refractivity contribution in [2.75, 3.05) is 19.6 Å². The van der Waals surface area contributed by atoms with Crippen LogP contribution in [-0.4, -0.2) is 25.5 Å². The average molecular weight is 329 g/mol. The maximum absolute atomic E-state index is 12.2. The smallest absolute Gasteiger partial charge is 0.275 e. The molecule has 0 aliphatic carbocycles. The van der Waals surface area contributed by atoms with Crippen molar-refractivity contribution in [3.05, 3.63) is 58.3 Å². The average Bonchev–Trinajstić information content (AvgIpc) is 3.23. The van der Waals surface area contributed by atoms with Crippen LogP contribution in [0.15, 0.2) is 47.8 Å². The minimum absolute atomic E-state index is 0.191. The summed E-state index contributed by atoms with van der Waals surface area (Å²) in [7, 11) is 0. The number of benzene rings is 1. The molecule has 2 atom stereocenters. The monoisotopic (exact) mass is 329 g/mol. The lowest BCUT2D eigenvalue weighted by Gasteiger charge is -2.20. The van der Waals surface area contributed by atoms with E-state index in [1.807, 2.05) is 17.4 Å². The van der Waals surface area contributed by atoms with E-state index in [9.17, 15) is 4.79 Å². The third-order valence-electron chi connectivity index (χ3n) is 4.56. The van der Waals surface area contributed by atoms with Gasteiger partial charge in [-0.2, -0.15) is 0 Å². The van der Waals surface area contributed by atoms with Crippen LogP contribution in [0.5, 0.6) is 0 Å². The van der Waals surface area contributed by atoms with Gasteiger partial charge < -0.3 is 10.2 Å². The van der Waals surface area contributed by atoms with Gasteiger partial charge in [-0.3, -0.25) is 4.79 Å². The Bertz CT molecular complexity index is 597. The van der Waals surface area contributed by atoms with E-state index < -0.39 is 0 Å². The number of thiophene rings is 1. The van der Waals surface area contributed by atoms with Crippen LogP contribution in [0, 0.1) is 0 Å². The molecule has 1 aromatic heterocycles. The Hall–Kier alpha value is -1.65. The van der Waals surface area contributed by atoms with Crippen molar-refractivity contribution in [3.8, 4) is 0 Å². The first-order valence-corrected chi connectivity index (χ1v) is 9.39. The number of quaternary nitrogens is 1. The number of rotatable bonds is 7. The van der Waals surface area contributed by atoms with Gasteiger partial charge in [-0.25, -0.2) is 0 Å². The first-order valence-electron chi connectivity index (χ1n) is 8.51. The third-order valence-corrected chi connectivity index (χ3v) is 5.55. The van der Waals surface area contributed by atoms with Gasteiger partial charge in [0.05, 0.1) is 11.4 Å². The van der Waals surface area contributed by atoms with Crippen molar-refractivity contribution < 1.29 is 9.69 Å². The number of amides is 1. The van der Waals surface area contributed by atoms with E-state index in [4.69, 9.17) is 0 Å². The van der Waals surface area contributed by atoms with Gasteiger partial charge in [-0.15, -0.1) is 11.3 Å². The van der Waals surface area contributed by atoms with Crippen LogP contribution < -0.4 is 10.2 Å². The normalized spacial score (nSPS) is 20.5. The van der Waals surface area contributed by atoms with Crippen LogP contribution in [0.4, 0.5) is 0 Å². The molecule has 2 aromatic rings. The van der Waals surface area contributed by atoms with Gasteiger partial charge >= 0.3 is 0 Å². The second kappa shape index (κ2) is 8.27. The number of likely N-dealkylation sites (tertiary alicyclic amines) is 1. The molecule has 0 spiro atoms. The number of hydrogen-bond acceptors (Lipinski definition) is 2. The zero-order chi connectivity index (χ0) is 15.9. The summed E-state index contributed by atoms with van der Waals surface area (Å²) in [4.78, 5) is 15.0. The molecule has 1 aliphatic heterocycles. The Morgan fingerprint density at radius 3 is 2.87 bits per heavy atom. The number of aryl methyl sites for hydroxylation is 1. The van der Waals surface area contributed by atoms with E-state index in [1.165, 1.54) is 28.2 Å². The SMILES string of the molecule is O=C(C[NH+]1CCC[C@@H]1c1cccs1)NCCCc1ccccc1. The molecular formula is C19H25N2OS+. The Kier molecular flexibility index (Phi) is 5.83. The highest BCUT2D eigenvalue weighted by atomic mass is 32.1. The summed E-state index contributed by atoms with van der Waals surface area (Å²) in [5.41, 5.74) is 1.34. The standard InChI is InChI=1S/C19H24N2OS/c22-19(20-12-4-9-16-7-2-1-3-8-16)15-21-13-5-10-17(21)18-11-6-14-23-18/h1-3,6-8,11,14,17H,4-5,9-10,12-13,15H2,(H,20,22)/p+1/t17-/m1/s1. The minimum atomic E-state index is 0.191. The molecule has 4 heteroatoms. The van der Waals surface area contributed by atoms with Gasteiger partial charge in [-0.05, 0) is 29.9 Å². The summed E-state index contributed by atoms with van der Waals surface area (Å²) in [5.74, 6) is 0.191. The minimum Gasteiger partial charge on any atom is -0.351 e. The van der Waals surface area contributed by atoms with Crippen molar-refractivity contribution in [2.45, 2.75) is 31.7 Å². The molecule has 2 N–H and O–H groups in total. The summed E-state index contributed by atoms with van der Waals surface area (Å²) in [6, 6.07) is 15.3. The molecule has 1 aliphatic rings. The molecule has 3 nitrogen and oxygen atoms in total. The molecule has 1 amide bonds. The van der Waals surface area contributed by atoms with Crippen LogP contribution in [-0.2, 0) is 11.2 Å². The van der Waals surface area contributed by atoms with E-state index in [1.54, 1.807) is 0 Å². The van der Waals surface area contributed by atoms with Crippen LogP contribution in [0.25, 0.3) is 0 Å². The first kappa shape index (κ1) is 16.2. The Labute approximate surface area is 142 Å². The van der Waals surface area contributed by atoms with Crippen LogP contribution in [0.3, 0.4) is 0 Å². The number of hydrogen-bond donors (Lipinski definition) is 2. The van der Waals surface area contributed by atoms with Crippen LogP contribution in [0.2, 0.25) is 0 Å². The molecule has 1 aromatic carbocycles. The van der Waals surface area contributed by atoms with Gasteiger partial charge in [0.1, 0.15) is 6.04 Å². The maximum Gasteiger partial charge on any atom is 0.275 e.